The van der Waals surface area contributed by atoms with E-state index in [9.17, 15) is 0 Å². The maximum absolute atomic E-state index is 5.95. The standard InChI is InChI=1S/C14H29N3O/c1-14(2,17-7-9-18-10-8-17)11-16-13-5-3-12(15)4-6-13/h12-13,16H,3-11,15H2,1-2H3. The molecule has 0 spiro atoms. The second-order valence-electron chi connectivity index (χ2n) is 6.40. The molecule has 0 aromatic carbocycles. The van der Waals surface area contributed by atoms with Gasteiger partial charge >= 0.3 is 0 Å². The fourth-order valence-corrected chi connectivity index (χ4v) is 3.00. The van der Waals surface area contributed by atoms with E-state index in [4.69, 9.17) is 10.5 Å². The monoisotopic (exact) mass is 255 g/mol. The molecule has 1 aliphatic heterocycles. The fourth-order valence-electron chi connectivity index (χ4n) is 3.00. The lowest BCUT2D eigenvalue weighted by molar-refractivity contribution is -0.0107. The molecule has 0 atom stereocenters. The molecule has 2 fully saturated rings. The first-order valence-corrected chi connectivity index (χ1v) is 7.40. The van der Waals surface area contributed by atoms with Gasteiger partial charge in [-0.25, -0.2) is 0 Å². The van der Waals surface area contributed by atoms with Gasteiger partial charge < -0.3 is 15.8 Å². The van der Waals surface area contributed by atoms with Gasteiger partial charge in [-0.3, -0.25) is 4.90 Å². The number of ether oxygens (including phenoxy) is 1. The fraction of sp³-hybridized carbons (Fsp3) is 1.00. The molecule has 0 bridgehead atoms. The van der Waals surface area contributed by atoms with Gasteiger partial charge in [-0.15, -0.1) is 0 Å². The Morgan fingerprint density at radius 3 is 2.39 bits per heavy atom. The topological polar surface area (TPSA) is 50.5 Å². The van der Waals surface area contributed by atoms with E-state index < -0.39 is 0 Å². The van der Waals surface area contributed by atoms with Gasteiger partial charge in [-0.1, -0.05) is 0 Å². The van der Waals surface area contributed by atoms with Gasteiger partial charge in [0, 0.05) is 37.3 Å². The van der Waals surface area contributed by atoms with Crippen molar-refractivity contribution in [2.75, 3.05) is 32.8 Å². The van der Waals surface area contributed by atoms with Crippen LogP contribution in [0.5, 0.6) is 0 Å². The maximum atomic E-state index is 5.95. The summed E-state index contributed by atoms with van der Waals surface area (Å²) in [6, 6.07) is 1.11. The molecule has 4 nitrogen and oxygen atoms in total. The highest BCUT2D eigenvalue weighted by Crippen LogP contribution is 2.19. The van der Waals surface area contributed by atoms with E-state index in [0.717, 1.165) is 32.8 Å². The van der Waals surface area contributed by atoms with Crippen LogP contribution in [0.15, 0.2) is 0 Å². The molecule has 1 heterocycles. The Balaban J connectivity index is 1.73. The second-order valence-corrected chi connectivity index (χ2v) is 6.40. The summed E-state index contributed by atoms with van der Waals surface area (Å²) in [7, 11) is 0. The highest BCUT2D eigenvalue weighted by atomic mass is 16.5. The average Bonchev–Trinajstić information content (AvgIpc) is 2.39. The van der Waals surface area contributed by atoms with Gasteiger partial charge in [0.25, 0.3) is 0 Å². The Bertz CT molecular complexity index is 243. The average molecular weight is 255 g/mol. The van der Waals surface area contributed by atoms with Crippen LogP contribution in [0.1, 0.15) is 39.5 Å². The van der Waals surface area contributed by atoms with Crippen LogP contribution in [0, 0.1) is 0 Å². The number of hydrogen-bond donors (Lipinski definition) is 2. The van der Waals surface area contributed by atoms with Crippen molar-refractivity contribution in [1.82, 2.24) is 10.2 Å². The molecule has 4 heteroatoms. The van der Waals surface area contributed by atoms with Gasteiger partial charge in [0.15, 0.2) is 0 Å². The van der Waals surface area contributed by atoms with Crippen LogP contribution < -0.4 is 11.1 Å². The molecule has 106 valence electrons. The zero-order valence-corrected chi connectivity index (χ0v) is 12.0. The largest absolute Gasteiger partial charge is 0.379 e. The molecule has 1 saturated carbocycles. The van der Waals surface area contributed by atoms with Crippen molar-refractivity contribution in [3.05, 3.63) is 0 Å². The number of hydrogen-bond acceptors (Lipinski definition) is 4. The summed E-state index contributed by atoms with van der Waals surface area (Å²) in [6.45, 7) is 9.60. The molecular formula is C14H29N3O. The molecule has 1 saturated heterocycles. The van der Waals surface area contributed by atoms with Gasteiger partial charge in [-0.05, 0) is 39.5 Å². The van der Waals surface area contributed by atoms with Gasteiger partial charge in [0.05, 0.1) is 13.2 Å². The van der Waals surface area contributed by atoms with Crippen LogP contribution in [0.2, 0.25) is 0 Å². The predicted octanol–water partition coefficient (Wildman–Crippen LogP) is 0.957. The summed E-state index contributed by atoms with van der Waals surface area (Å²) < 4.78 is 5.43. The SMILES string of the molecule is CC(C)(CNC1CCC(N)CC1)N1CCOCC1. The molecule has 0 aromatic heterocycles. The molecule has 0 aromatic rings. The first kappa shape index (κ1) is 14.3. The highest BCUT2D eigenvalue weighted by Gasteiger charge is 2.29. The predicted molar refractivity (Wildman–Crippen MR) is 74.7 cm³/mol. The smallest absolute Gasteiger partial charge is 0.0594 e. The van der Waals surface area contributed by atoms with Crippen LogP contribution in [0.25, 0.3) is 0 Å². The Hall–Kier alpha value is -0.160. The van der Waals surface area contributed by atoms with Crippen LogP contribution in [0.3, 0.4) is 0 Å². The van der Waals surface area contributed by atoms with E-state index in [1.165, 1.54) is 25.7 Å². The van der Waals surface area contributed by atoms with E-state index in [2.05, 4.69) is 24.1 Å². The minimum Gasteiger partial charge on any atom is -0.379 e. The van der Waals surface area contributed by atoms with E-state index in [0.29, 0.717) is 12.1 Å². The van der Waals surface area contributed by atoms with Gasteiger partial charge in [0.1, 0.15) is 0 Å². The first-order chi connectivity index (χ1) is 8.58. The summed E-state index contributed by atoms with van der Waals surface area (Å²) in [6.07, 6.45) is 4.83. The first-order valence-electron chi connectivity index (χ1n) is 7.40. The summed E-state index contributed by atoms with van der Waals surface area (Å²) in [5.74, 6) is 0. The maximum Gasteiger partial charge on any atom is 0.0594 e. The lowest BCUT2D eigenvalue weighted by atomic mass is 9.91. The zero-order chi connectivity index (χ0) is 13.0. The van der Waals surface area contributed by atoms with Crippen molar-refractivity contribution in [1.29, 1.82) is 0 Å². The van der Waals surface area contributed by atoms with Gasteiger partial charge in [-0.2, -0.15) is 0 Å². The second kappa shape index (κ2) is 6.33. The molecule has 18 heavy (non-hydrogen) atoms. The molecule has 2 rings (SSSR count). The minimum atomic E-state index is 0.226. The van der Waals surface area contributed by atoms with E-state index in [-0.39, 0.29) is 5.54 Å². The van der Waals surface area contributed by atoms with Gasteiger partial charge in [0.2, 0.25) is 0 Å². The van der Waals surface area contributed by atoms with Crippen molar-refractivity contribution < 1.29 is 4.74 Å². The normalized spacial score (nSPS) is 31.5. The summed E-state index contributed by atoms with van der Waals surface area (Å²) in [5, 5.41) is 3.74. The Kier molecular flexibility index (Phi) is 5.01. The lowest BCUT2D eigenvalue weighted by Crippen LogP contribution is -2.56. The van der Waals surface area contributed by atoms with E-state index in [1.54, 1.807) is 0 Å². The number of nitrogens with two attached hydrogens (primary N) is 1. The van der Waals surface area contributed by atoms with E-state index >= 15 is 0 Å². The van der Waals surface area contributed by atoms with Crippen LogP contribution in [-0.2, 0) is 4.74 Å². The third-order valence-electron chi connectivity index (χ3n) is 4.46. The Labute approximate surface area is 111 Å². The highest BCUT2D eigenvalue weighted by molar-refractivity contribution is 4.88. The zero-order valence-electron chi connectivity index (χ0n) is 12.0. The van der Waals surface area contributed by atoms with Crippen molar-refractivity contribution in [3.63, 3.8) is 0 Å². The lowest BCUT2D eigenvalue weighted by Gasteiger charge is -2.42. The van der Waals surface area contributed by atoms with Crippen LogP contribution in [0.4, 0.5) is 0 Å². The summed E-state index contributed by atoms with van der Waals surface area (Å²) in [5.41, 5.74) is 6.17. The van der Waals surface area contributed by atoms with Crippen molar-refractivity contribution in [2.24, 2.45) is 5.73 Å². The number of nitrogens with zero attached hydrogens (tertiary/aromatic N) is 1. The molecule has 2 aliphatic rings. The summed E-state index contributed by atoms with van der Waals surface area (Å²) in [4.78, 5) is 2.54. The van der Waals surface area contributed by atoms with E-state index in [1.807, 2.05) is 0 Å². The quantitative estimate of drug-likeness (QED) is 0.785. The van der Waals surface area contributed by atoms with Crippen molar-refractivity contribution in [2.45, 2.75) is 57.2 Å². The van der Waals surface area contributed by atoms with Crippen LogP contribution >= 0.6 is 0 Å². The number of morpholine rings is 1. The molecule has 0 radical (unpaired) electrons. The number of rotatable bonds is 4. The molecule has 0 amide bonds. The molecule has 1 aliphatic carbocycles. The van der Waals surface area contributed by atoms with Crippen molar-refractivity contribution in [3.8, 4) is 0 Å². The summed E-state index contributed by atoms with van der Waals surface area (Å²) >= 11 is 0. The molecular weight excluding hydrogens is 226 g/mol. The molecule has 0 unspecified atom stereocenters. The number of nitrogens with one attached hydrogen (secondary N) is 1. The Morgan fingerprint density at radius 1 is 1.17 bits per heavy atom. The van der Waals surface area contributed by atoms with Crippen LogP contribution in [-0.4, -0.2) is 55.4 Å². The Morgan fingerprint density at radius 2 is 1.78 bits per heavy atom. The van der Waals surface area contributed by atoms with Crippen molar-refractivity contribution >= 4 is 0 Å². The molecule has 3 N–H and O–H groups in total. The third kappa shape index (κ3) is 3.92. The third-order valence-corrected chi connectivity index (χ3v) is 4.46. The minimum absolute atomic E-state index is 0.226.